The largest absolute Gasteiger partial charge is 0.380 e. The summed E-state index contributed by atoms with van der Waals surface area (Å²) in [5.74, 6) is 0.425. The maximum atomic E-state index is 12.2. The topological polar surface area (TPSA) is 40.5 Å². The second kappa shape index (κ2) is 11.1. The van der Waals surface area contributed by atoms with Gasteiger partial charge in [-0.2, -0.15) is 0 Å². The highest BCUT2D eigenvalue weighted by atomic mass is 35.5. The first-order valence-corrected chi connectivity index (χ1v) is 11.7. The van der Waals surface area contributed by atoms with Crippen molar-refractivity contribution in [3.63, 3.8) is 0 Å². The lowest BCUT2D eigenvalue weighted by molar-refractivity contribution is -0.0142. The number of halogens is 1. The summed E-state index contributed by atoms with van der Waals surface area (Å²) in [5.41, 5.74) is 0.969. The average Bonchev–Trinajstić information content (AvgIpc) is 3.35. The predicted octanol–water partition coefficient (Wildman–Crippen LogP) is 5.78. The first-order valence-electron chi connectivity index (χ1n) is 10.8. The van der Waals surface area contributed by atoms with Gasteiger partial charge in [0.2, 0.25) is 0 Å². The number of rotatable bonds is 8. The third kappa shape index (κ3) is 5.45. The molecule has 0 atom stereocenters. The predicted molar refractivity (Wildman–Crippen MR) is 130 cm³/mol. The third-order valence-corrected chi connectivity index (χ3v) is 7.19. The first-order chi connectivity index (χ1) is 14.7. The average molecular weight is 456 g/mol. The van der Waals surface area contributed by atoms with Crippen molar-refractivity contribution in [2.75, 3.05) is 19.6 Å². The number of aliphatic hydroxyl groups is 1. The number of benzene rings is 2. The zero-order valence-corrected chi connectivity index (χ0v) is 19.3. The smallest absolute Gasteiger partial charge is 0.172 e. The van der Waals surface area contributed by atoms with Gasteiger partial charge in [0.1, 0.15) is 5.60 Å². The van der Waals surface area contributed by atoms with Crippen LogP contribution in [-0.2, 0) is 5.60 Å². The fraction of sp³-hybridized carbons (Fsp3) is 0.346. The van der Waals surface area contributed by atoms with Crippen molar-refractivity contribution in [1.29, 1.82) is 0 Å². The normalized spacial score (nSPS) is 15.4. The molecule has 1 fully saturated rings. The van der Waals surface area contributed by atoms with Gasteiger partial charge in [0.15, 0.2) is 5.78 Å². The van der Waals surface area contributed by atoms with Crippen LogP contribution in [0.1, 0.15) is 46.5 Å². The monoisotopic (exact) mass is 455 g/mol. The van der Waals surface area contributed by atoms with Crippen LogP contribution in [0.4, 0.5) is 0 Å². The third-order valence-electron chi connectivity index (χ3n) is 6.28. The summed E-state index contributed by atoms with van der Waals surface area (Å²) in [6.07, 6.45) is 3.39. The van der Waals surface area contributed by atoms with Gasteiger partial charge in [0, 0.05) is 6.42 Å². The number of Topliss-reactive ketones (excluding diaryl/α,β-unsaturated/α-hetero) is 1. The Kier molecular flexibility index (Phi) is 8.44. The number of carbonyl (C=O) groups excluding carboxylic acids is 1. The number of carbonyl (C=O) groups is 1. The molecule has 5 heteroatoms. The lowest BCUT2D eigenvalue weighted by Gasteiger charge is -2.42. The molecule has 0 bridgehead atoms. The molecule has 1 aliphatic rings. The zero-order valence-electron chi connectivity index (χ0n) is 17.7. The van der Waals surface area contributed by atoms with Crippen molar-refractivity contribution >= 4 is 29.5 Å². The Bertz CT molecular complexity index is 883. The van der Waals surface area contributed by atoms with Crippen LogP contribution in [0.3, 0.4) is 0 Å². The molecule has 0 aliphatic carbocycles. The Morgan fingerprint density at radius 3 is 2.03 bits per heavy atom. The lowest BCUT2D eigenvalue weighted by atomic mass is 9.72. The van der Waals surface area contributed by atoms with E-state index < -0.39 is 5.60 Å². The molecular weight excluding hydrogens is 426 g/mol. The van der Waals surface area contributed by atoms with E-state index in [9.17, 15) is 9.90 Å². The Labute approximate surface area is 195 Å². The molecule has 0 amide bonds. The summed E-state index contributed by atoms with van der Waals surface area (Å²) in [6, 6.07) is 24.0. The zero-order chi connectivity index (χ0) is 20.8. The fourth-order valence-corrected chi connectivity index (χ4v) is 5.31. The minimum atomic E-state index is -0.969. The van der Waals surface area contributed by atoms with Crippen molar-refractivity contribution in [1.82, 2.24) is 4.90 Å². The van der Waals surface area contributed by atoms with Crippen molar-refractivity contribution in [3.05, 3.63) is 94.2 Å². The van der Waals surface area contributed by atoms with Gasteiger partial charge in [-0.25, -0.2) is 0 Å². The van der Waals surface area contributed by atoms with Crippen molar-refractivity contribution in [3.8, 4) is 0 Å². The molecule has 0 radical (unpaired) electrons. The summed E-state index contributed by atoms with van der Waals surface area (Å²) in [5, 5.41) is 13.9. The van der Waals surface area contributed by atoms with Gasteiger partial charge in [-0.1, -0.05) is 66.7 Å². The molecule has 1 N–H and O–H groups in total. The van der Waals surface area contributed by atoms with Crippen molar-refractivity contribution in [2.45, 2.75) is 31.3 Å². The van der Waals surface area contributed by atoms with E-state index in [1.165, 1.54) is 11.3 Å². The fourth-order valence-electron chi connectivity index (χ4n) is 4.62. The Hall–Kier alpha value is -1.98. The van der Waals surface area contributed by atoms with Crippen LogP contribution in [0.15, 0.2) is 78.2 Å². The summed E-state index contributed by atoms with van der Waals surface area (Å²) in [7, 11) is 0. The Morgan fingerprint density at radius 1 is 0.935 bits per heavy atom. The van der Waals surface area contributed by atoms with E-state index in [0.29, 0.717) is 6.42 Å². The summed E-state index contributed by atoms with van der Waals surface area (Å²) in [6.45, 7) is 2.86. The SMILES string of the molecule is Cl.O=C(CCCN1CCC(C(O)(c2ccccc2)c2ccccc2)CC1)c1cccs1. The molecule has 3 aromatic rings. The maximum Gasteiger partial charge on any atom is 0.172 e. The summed E-state index contributed by atoms with van der Waals surface area (Å²) in [4.78, 5) is 15.5. The van der Waals surface area contributed by atoms with E-state index >= 15 is 0 Å². The van der Waals surface area contributed by atoms with Crippen LogP contribution in [0.25, 0.3) is 0 Å². The minimum absolute atomic E-state index is 0. The standard InChI is InChI=1S/C26H29NO2S.ClH/c28-24(25-14-8-20-30-25)13-7-17-27-18-15-23(16-19-27)26(29,21-9-3-1-4-10-21)22-11-5-2-6-12-22;/h1-6,8-12,14,20,23,29H,7,13,15-19H2;1H. The minimum Gasteiger partial charge on any atom is -0.380 e. The van der Waals surface area contributed by atoms with Gasteiger partial charge in [0.05, 0.1) is 4.88 Å². The summed E-state index contributed by atoms with van der Waals surface area (Å²) >= 11 is 1.52. The molecule has 2 heterocycles. The van der Waals surface area contributed by atoms with Gasteiger partial charge >= 0.3 is 0 Å². The molecule has 31 heavy (non-hydrogen) atoms. The molecule has 1 saturated heterocycles. The van der Waals surface area contributed by atoms with Gasteiger partial charge in [-0.3, -0.25) is 4.79 Å². The number of hydrogen-bond acceptors (Lipinski definition) is 4. The van der Waals surface area contributed by atoms with E-state index in [0.717, 1.165) is 54.9 Å². The second-order valence-corrected chi connectivity index (χ2v) is 9.07. The molecule has 3 nitrogen and oxygen atoms in total. The number of hydrogen-bond donors (Lipinski definition) is 1. The summed E-state index contributed by atoms with van der Waals surface area (Å²) < 4.78 is 0. The van der Waals surface area contributed by atoms with Crippen LogP contribution in [0.2, 0.25) is 0 Å². The van der Waals surface area contributed by atoms with Gasteiger partial charge in [-0.05, 0) is 67.4 Å². The Balaban J connectivity index is 0.00000272. The van der Waals surface area contributed by atoms with E-state index in [-0.39, 0.29) is 24.1 Å². The number of thiophene rings is 1. The molecule has 1 aliphatic heterocycles. The quantitative estimate of drug-likeness (QED) is 0.437. The Morgan fingerprint density at radius 2 is 1.52 bits per heavy atom. The molecule has 4 rings (SSSR count). The van der Waals surface area contributed by atoms with E-state index in [1.807, 2.05) is 78.2 Å². The second-order valence-electron chi connectivity index (χ2n) is 8.12. The molecule has 0 saturated carbocycles. The highest BCUT2D eigenvalue weighted by molar-refractivity contribution is 7.12. The van der Waals surface area contributed by atoms with E-state index in [2.05, 4.69) is 4.90 Å². The van der Waals surface area contributed by atoms with E-state index in [4.69, 9.17) is 0 Å². The van der Waals surface area contributed by atoms with Crippen LogP contribution in [-0.4, -0.2) is 35.4 Å². The molecule has 0 unspecified atom stereocenters. The van der Waals surface area contributed by atoms with Gasteiger partial charge < -0.3 is 10.0 Å². The molecular formula is C26H30ClNO2S. The molecule has 2 aromatic carbocycles. The molecule has 0 spiro atoms. The molecule has 1 aromatic heterocycles. The first kappa shape index (κ1) is 23.7. The number of piperidine rings is 1. The number of nitrogens with zero attached hydrogens (tertiary/aromatic N) is 1. The van der Waals surface area contributed by atoms with Crippen LogP contribution < -0.4 is 0 Å². The van der Waals surface area contributed by atoms with E-state index in [1.54, 1.807) is 0 Å². The lowest BCUT2D eigenvalue weighted by Crippen LogP contribution is -2.44. The number of likely N-dealkylation sites (tertiary alicyclic amines) is 1. The highest BCUT2D eigenvalue weighted by Crippen LogP contribution is 2.41. The van der Waals surface area contributed by atoms with Gasteiger partial charge in [0.25, 0.3) is 0 Å². The highest BCUT2D eigenvalue weighted by Gasteiger charge is 2.41. The van der Waals surface area contributed by atoms with Crippen molar-refractivity contribution in [2.24, 2.45) is 5.92 Å². The van der Waals surface area contributed by atoms with Crippen LogP contribution in [0, 0.1) is 5.92 Å². The van der Waals surface area contributed by atoms with Crippen LogP contribution >= 0.6 is 23.7 Å². The van der Waals surface area contributed by atoms with Crippen molar-refractivity contribution < 1.29 is 9.90 Å². The van der Waals surface area contributed by atoms with Gasteiger partial charge in [-0.15, -0.1) is 23.7 Å². The number of ketones is 1. The van der Waals surface area contributed by atoms with Crippen LogP contribution in [0.5, 0.6) is 0 Å². The maximum absolute atomic E-state index is 12.2. The molecule has 164 valence electrons.